The van der Waals surface area contributed by atoms with Gasteiger partial charge in [-0.1, -0.05) is 42.5 Å². The molecule has 3 aromatic carbocycles. The first-order valence-electron chi connectivity index (χ1n) is 10.6. The Morgan fingerprint density at radius 2 is 1.58 bits per heavy atom. The predicted molar refractivity (Wildman–Crippen MR) is 126 cm³/mol. The highest BCUT2D eigenvalue weighted by molar-refractivity contribution is 6.03. The standard InChI is InChI=1S/C26H23N3O4/c1-2-32-20-12-14-21(15-13-20)33-24-11-7-6-10-22(24)27-26(31)23-16-17-25(30)29(28-23)18-19-8-4-3-5-9-19/h3-17H,2,18H2,1H3,(H,27,31). The highest BCUT2D eigenvalue weighted by Crippen LogP contribution is 2.30. The van der Waals surface area contributed by atoms with Crippen LogP contribution in [0.25, 0.3) is 0 Å². The monoisotopic (exact) mass is 441 g/mol. The second-order valence-electron chi connectivity index (χ2n) is 7.16. The van der Waals surface area contributed by atoms with Gasteiger partial charge in [0, 0.05) is 6.07 Å². The van der Waals surface area contributed by atoms with E-state index in [4.69, 9.17) is 9.47 Å². The molecule has 1 aromatic heterocycles. The van der Waals surface area contributed by atoms with Crippen molar-refractivity contribution in [3.8, 4) is 17.2 Å². The predicted octanol–water partition coefficient (Wildman–Crippen LogP) is 4.73. The number of anilines is 1. The van der Waals surface area contributed by atoms with Crippen molar-refractivity contribution >= 4 is 11.6 Å². The van der Waals surface area contributed by atoms with Crippen molar-refractivity contribution in [2.24, 2.45) is 0 Å². The van der Waals surface area contributed by atoms with Crippen LogP contribution in [-0.2, 0) is 6.54 Å². The lowest BCUT2D eigenvalue weighted by Crippen LogP contribution is -2.26. The van der Waals surface area contributed by atoms with Crippen molar-refractivity contribution in [3.63, 3.8) is 0 Å². The van der Waals surface area contributed by atoms with Gasteiger partial charge in [0.15, 0.2) is 5.75 Å². The molecule has 33 heavy (non-hydrogen) atoms. The number of carbonyl (C=O) groups excluding carboxylic acids is 1. The first-order chi connectivity index (χ1) is 16.1. The van der Waals surface area contributed by atoms with Gasteiger partial charge in [0.05, 0.1) is 18.8 Å². The molecule has 0 saturated heterocycles. The molecule has 0 aliphatic rings. The van der Waals surface area contributed by atoms with E-state index in [1.807, 2.05) is 55.5 Å². The maximum atomic E-state index is 12.9. The molecule has 0 saturated carbocycles. The number of benzene rings is 3. The van der Waals surface area contributed by atoms with Gasteiger partial charge in [0.1, 0.15) is 17.2 Å². The molecule has 1 heterocycles. The van der Waals surface area contributed by atoms with E-state index >= 15 is 0 Å². The number of nitrogens with zero attached hydrogens (tertiary/aromatic N) is 2. The van der Waals surface area contributed by atoms with Crippen molar-refractivity contribution < 1.29 is 14.3 Å². The molecular weight excluding hydrogens is 418 g/mol. The third kappa shape index (κ3) is 5.65. The van der Waals surface area contributed by atoms with Crippen LogP contribution in [0.15, 0.2) is 95.8 Å². The molecule has 0 aliphatic heterocycles. The van der Waals surface area contributed by atoms with E-state index in [0.717, 1.165) is 11.3 Å². The number of hydrogen-bond acceptors (Lipinski definition) is 5. The smallest absolute Gasteiger partial charge is 0.276 e. The van der Waals surface area contributed by atoms with Crippen molar-refractivity contribution in [1.29, 1.82) is 0 Å². The molecule has 166 valence electrons. The summed E-state index contributed by atoms with van der Waals surface area (Å²) in [6, 6.07) is 26.6. The molecule has 0 aliphatic carbocycles. The number of rotatable bonds is 8. The van der Waals surface area contributed by atoms with E-state index in [-0.39, 0.29) is 17.8 Å². The molecular formula is C26H23N3O4. The minimum Gasteiger partial charge on any atom is -0.494 e. The number of aromatic nitrogens is 2. The van der Waals surface area contributed by atoms with Crippen molar-refractivity contribution in [3.05, 3.63) is 113 Å². The fourth-order valence-corrected chi connectivity index (χ4v) is 3.18. The van der Waals surface area contributed by atoms with Gasteiger partial charge in [-0.2, -0.15) is 5.10 Å². The molecule has 0 spiro atoms. The summed E-state index contributed by atoms with van der Waals surface area (Å²) in [7, 11) is 0. The van der Waals surface area contributed by atoms with E-state index in [0.29, 0.717) is 23.8 Å². The van der Waals surface area contributed by atoms with Crippen molar-refractivity contribution in [1.82, 2.24) is 9.78 Å². The highest BCUT2D eigenvalue weighted by Gasteiger charge is 2.13. The Balaban J connectivity index is 1.51. The Morgan fingerprint density at radius 1 is 0.879 bits per heavy atom. The van der Waals surface area contributed by atoms with Crippen LogP contribution in [0.5, 0.6) is 17.2 Å². The van der Waals surface area contributed by atoms with Crippen LogP contribution in [0.1, 0.15) is 23.0 Å². The van der Waals surface area contributed by atoms with Crippen LogP contribution >= 0.6 is 0 Å². The summed E-state index contributed by atoms with van der Waals surface area (Å²) in [5, 5.41) is 7.06. The Hall–Kier alpha value is -4.39. The Labute approximate surface area is 191 Å². The minimum atomic E-state index is -0.445. The van der Waals surface area contributed by atoms with E-state index < -0.39 is 5.91 Å². The van der Waals surface area contributed by atoms with Crippen LogP contribution < -0.4 is 20.3 Å². The zero-order valence-corrected chi connectivity index (χ0v) is 18.1. The summed E-state index contributed by atoms with van der Waals surface area (Å²) in [4.78, 5) is 25.1. The second-order valence-corrected chi connectivity index (χ2v) is 7.16. The summed E-state index contributed by atoms with van der Waals surface area (Å²) in [5.74, 6) is 1.39. The van der Waals surface area contributed by atoms with Gasteiger partial charge < -0.3 is 14.8 Å². The number of ether oxygens (including phenoxy) is 2. The van der Waals surface area contributed by atoms with Gasteiger partial charge >= 0.3 is 0 Å². The van der Waals surface area contributed by atoms with Crippen LogP contribution in [-0.4, -0.2) is 22.3 Å². The van der Waals surface area contributed by atoms with Gasteiger partial charge in [0.2, 0.25) is 0 Å². The van der Waals surface area contributed by atoms with Crippen LogP contribution in [0.3, 0.4) is 0 Å². The molecule has 7 heteroatoms. The maximum absolute atomic E-state index is 12.9. The third-order valence-electron chi connectivity index (χ3n) is 4.77. The lowest BCUT2D eigenvalue weighted by molar-refractivity contribution is 0.101. The fourth-order valence-electron chi connectivity index (χ4n) is 3.18. The first kappa shape index (κ1) is 21.8. The average Bonchev–Trinajstić information content (AvgIpc) is 2.84. The Kier molecular flexibility index (Phi) is 6.80. The van der Waals surface area contributed by atoms with Crippen molar-refractivity contribution in [2.45, 2.75) is 13.5 Å². The SMILES string of the molecule is CCOc1ccc(Oc2ccccc2NC(=O)c2ccc(=O)n(Cc3ccccc3)n2)cc1. The lowest BCUT2D eigenvalue weighted by atomic mass is 10.2. The van der Waals surface area contributed by atoms with Gasteiger partial charge in [-0.3, -0.25) is 9.59 Å². The van der Waals surface area contributed by atoms with Crippen molar-refractivity contribution in [2.75, 3.05) is 11.9 Å². The van der Waals surface area contributed by atoms with Gasteiger partial charge in [-0.15, -0.1) is 0 Å². The van der Waals surface area contributed by atoms with Crippen LogP contribution in [0.4, 0.5) is 5.69 Å². The van der Waals surface area contributed by atoms with Crippen LogP contribution in [0, 0.1) is 0 Å². The normalized spacial score (nSPS) is 10.5. The number of nitrogens with one attached hydrogen (secondary N) is 1. The summed E-state index contributed by atoms with van der Waals surface area (Å²) in [5.41, 5.74) is 1.24. The largest absolute Gasteiger partial charge is 0.494 e. The highest BCUT2D eigenvalue weighted by atomic mass is 16.5. The fraction of sp³-hybridized carbons (Fsp3) is 0.115. The maximum Gasteiger partial charge on any atom is 0.276 e. The Bertz CT molecular complexity index is 1280. The number of para-hydroxylation sites is 2. The summed E-state index contributed by atoms with van der Waals surface area (Å²) >= 11 is 0. The number of carbonyl (C=O) groups is 1. The summed E-state index contributed by atoms with van der Waals surface area (Å²) in [6.07, 6.45) is 0. The zero-order chi connectivity index (χ0) is 23.0. The molecule has 1 N–H and O–H groups in total. The number of amides is 1. The van der Waals surface area contributed by atoms with E-state index in [9.17, 15) is 9.59 Å². The molecule has 4 aromatic rings. The topological polar surface area (TPSA) is 82.5 Å². The van der Waals surface area contributed by atoms with Gasteiger partial charge in [0.25, 0.3) is 11.5 Å². The van der Waals surface area contributed by atoms with E-state index in [1.165, 1.54) is 16.8 Å². The second kappa shape index (κ2) is 10.3. The molecule has 0 unspecified atom stereocenters. The Morgan fingerprint density at radius 3 is 2.33 bits per heavy atom. The summed E-state index contributed by atoms with van der Waals surface area (Å²) < 4.78 is 12.7. The molecule has 0 radical (unpaired) electrons. The van der Waals surface area contributed by atoms with E-state index in [1.54, 1.807) is 30.3 Å². The lowest BCUT2D eigenvalue weighted by Gasteiger charge is -2.13. The molecule has 4 rings (SSSR count). The minimum absolute atomic E-state index is 0.126. The molecule has 0 atom stereocenters. The van der Waals surface area contributed by atoms with Crippen LogP contribution in [0.2, 0.25) is 0 Å². The molecule has 0 fully saturated rings. The molecule has 1 amide bonds. The zero-order valence-electron chi connectivity index (χ0n) is 18.1. The summed E-state index contributed by atoms with van der Waals surface area (Å²) in [6.45, 7) is 2.78. The first-order valence-corrected chi connectivity index (χ1v) is 10.6. The van der Waals surface area contributed by atoms with Gasteiger partial charge in [-0.25, -0.2) is 4.68 Å². The molecule has 7 nitrogen and oxygen atoms in total. The third-order valence-corrected chi connectivity index (χ3v) is 4.77. The van der Waals surface area contributed by atoms with E-state index in [2.05, 4.69) is 10.4 Å². The number of hydrogen-bond donors (Lipinski definition) is 1. The molecule has 0 bridgehead atoms. The quantitative estimate of drug-likeness (QED) is 0.427. The van der Waals surface area contributed by atoms with Gasteiger partial charge in [-0.05, 0) is 55.0 Å². The average molecular weight is 441 g/mol.